The Bertz CT molecular complexity index is 543. The van der Waals surface area contributed by atoms with E-state index in [9.17, 15) is 4.79 Å². The number of rotatable bonds is 1. The Balaban J connectivity index is 2.49. The maximum Gasteiger partial charge on any atom is 0.270 e. The SMILES string of the molecule is N#CC1=NN(c2ccccc2)C(=O)C(N)C1=N. The molecule has 17 heavy (non-hydrogen) atoms. The first-order valence-electron chi connectivity index (χ1n) is 4.87. The number of hydrogen-bond acceptors (Lipinski definition) is 5. The zero-order chi connectivity index (χ0) is 12.4. The van der Waals surface area contributed by atoms with Crippen molar-refractivity contribution in [3.05, 3.63) is 30.3 Å². The molecular formula is C11H9N5O. The summed E-state index contributed by atoms with van der Waals surface area (Å²) in [4.78, 5) is 11.8. The maximum atomic E-state index is 11.8. The van der Waals surface area contributed by atoms with Crippen LogP contribution in [0.2, 0.25) is 0 Å². The van der Waals surface area contributed by atoms with E-state index in [1.54, 1.807) is 36.4 Å². The fourth-order valence-electron chi connectivity index (χ4n) is 1.44. The Labute approximate surface area is 97.5 Å². The molecule has 0 aliphatic carbocycles. The molecule has 0 bridgehead atoms. The predicted molar refractivity (Wildman–Crippen MR) is 62.7 cm³/mol. The van der Waals surface area contributed by atoms with Crippen molar-refractivity contribution in [3.8, 4) is 6.07 Å². The summed E-state index contributed by atoms with van der Waals surface area (Å²) in [5.74, 6) is -0.514. The van der Waals surface area contributed by atoms with Gasteiger partial charge in [-0.15, -0.1) is 0 Å². The van der Waals surface area contributed by atoms with Gasteiger partial charge in [0.05, 0.1) is 11.4 Å². The van der Waals surface area contributed by atoms with E-state index >= 15 is 0 Å². The summed E-state index contributed by atoms with van der Waals surface area (Å²) in [5.41, 5.74) is 5.71. The van der Waals surface area contributed by atoms with Crippen molar-refractivity contribution in [2.75, 3.05) is 5.01 Å². The number of anilines is 1. The van der Waals surface area contributed by atoms with Gasteiger partial charge in [0.1, 0.15) is 12.1 Å². The van der Waals surface area contributed by atoms with Crippen LogP contribution in [0, 0.1) is 16.7 Å². The molecule has 0 saturated heterocycles. The van der Waals surface area contributed by atoms with Gasteiger partial charge < -0.3 is 11.1 Å². The minimum Gasteiger partial charge on any atom is -0.315 e. The maximum absolute atomic E-state index is 11.8. The Morgan fingerprint density at radius 1 is 1.41 bits per heavy atom. The molecule has 6 nitrogen and oxygen atoms in total. The molecule has 1 aliphatic heterocycles. The van der Waals surface area contributed by atoms with Crippen LogP contribution in [0.25, 0.3) is 0 Å². The van der Waals surface area contributed by atoms with Crippen molar-refractivity contribution < 1.29 is 4.79 Å². The largest absolute Gasteiger partial charge is 0.315 e. The first-order valence-corrected chi connectivity index (χ1v) is 4.87. The lowest BCUT2D eigenvalue weighted by atomic mass is 10.1. The van der Waals surface area contributed by atoms with Gasteiger partial charge in [-0.05, 0) is 12.1 Å². The number of nitrogens with zero attached hydrogens (tertiary/aromatic N) is 3. The summed E-state index contributed by atoms with van der Waals surface area (Å²) in [6, 6.07) is 9.27. The number of carbonyl (C=O) groups excluding carboxylic acids is 1. The summed E-state index contributed by atoms with van der Waals surface area (Å²) in [6.07, 6.45) is 0. The van der Waals surface area contributed by atoms with Crippen LogP contribution in [0.5, 0.6) is 0 Å². The molecule has 6 heteroatoms. The monoisotopic (exact) mass is 227 g/mol. The summed E-state index contributed by atoms with van der Waals surface area (Å²) in [5, 5.41) is 21.2. The lowest BCUT2D eigenvalue weighted by Gasteiger charge is -2.25. The second-order valence-electron chi connectivity index (χ2n) is 3.44. The third-order valence-electron chi connectivity index (χ3n) is 2.35. The predicted octanol–water partition coefficient (Wildman–Crippen LogP) is 0.260. The molecule has 0 aromatic heterocycles. The zero-order valence-electron chi connectivity index (χ0n) is 8.79. The number of hydrazone groups is 1. The molecule has 1 heterocycles. The van der Waals surface area contributed by atoms with Gasteiger partial charge in [0, 0.05) is 0 Å². The van der Waals surface area contributed by atoms with Crippen molar-refractivity contribution in [3.63, 3.8) is 0 Å². The van der Waals surface area contributed by atoms with Crippen LogP contribution in [0.1, 0.15) is 0 Å². The van der Waals surface area contributed by atoms with Gasteiger partial charge in [-0.3, -0.25) is 4.79 Å². The van der Waals surface area contributed by atoms with Crippen molar-refractivity contribution >= 4 is 23.0 Å². The molecule has 1 amide bonds. The Hall–Kier alpha value is -2.52. The lowest BCUT2D eigenvalue weighted by Crippen LogP contribution is -2.53. The topological polar surface area (TPSA) is 106 Å². The Kier molecular flexibility index (Phi) is 2.68. The fourth-order valence-corrected chi connectivity index (χ4v) is 1.44. The molecule has 1 aromatic rings. The number of carbonyl (C=O) groups is 1. The minimum absolute atomic E-state index is 0.138. The number of benzene rings is 1. The second-order valence-corrected chi connectivity index (χ2v) is 3.44. The molecule has 1 aliphatic rings. The van der Waals surface area contributed by atoms with Gasteiger partial charge in [0.15, 0.2) is 5.71 Å². The van der Waals surface area contributed by atoms with Gasteiger partial charge in [-0.1, -0.05) is 18.2 Å². The van der Waals surface area contributed by atoms with Crippen LogP contribution in [-0.4, -0.2) is 23.4 Å². The lowest BCUT2D eigenvalue weighted by molar-refractivity contribution is -0.118. The van der Waals surface area contributed by atoms with Gasteiger partial charge in [-0.2, -0.15) is 15.4 Å². The number of nitrogens with two attached hydrogens (primary N) is 1. The van der Waals surface area contributed by atoms with Gasteiger partial charge in [0.25, 0.3) is 5.91 Å². The van der Waals surface area contributed by atoms with Crippen molar-refractivity contribution in [1.82, 2.24) is 0 Å². The molecule has 0 saturated carbocycles. The number of nitrogens with one attached hydrogen (secondary N) is 1. The Morgan fingerprint density at radius 2 is 2.06 bits per heavy atom. The number of nitriles is 1. The third kappa shape index (κ3) is 1.79. The van der Waals surface area contributed by atoms with Gasteiger partial charge >= 0.3 is 0 Å². The number of amides is 1. The molecule has 0 spiro atoms. The fraction of sp³-hybridized carbons (Fsp3) is 0.0909. The smallest absolute Gasteiger partial charge is 0.270 e. The highest BCUT2D eigenvalue weighted by atomic mass is 16.2. The van der Waals surface area contributed by atoms with Crippen LogP contribution in [-0.2, 0) is 4.79 Å². The minimum atomic E-state index is -1.14. The van der Waals surface area contributed by atoms with E-state index in [1.807, 2.05) is 0 Å². The van der Waals surface area contributed by atoms with Crippen molar-refractivity contribution in [2.45, 2.75) is 6.04 Å². The average molecular weight is 227 g/mol. The van der Waals surface area contributed by atoms with E-state index in [0.29, 0.717) is 5.69 Å². The molecule has 1 aromatic carbocycles. The number of para-hydroxylation sites is 1. The van der Waals surface area contributed by atoms with Crippen LogP contribution in [0.15, 0.2) is 35.4 Å². The molecule has 2 rings (SSSR count). The van der Waals surface area contributed by atoms with Crippen molar-refractivity contribution in [2.24, 2.45) is 10.8 Å². The molecular weight excluding hydrogens is 218 g/mol. The molecule has 0 fully saturated rings. The Morgan fingerprint density at radius 3 is 2.65 bits per heavy atom. The second kappa shape index (κ2) is 4.15. The number of hydrogen-bond donors (Lipinski definition) is 2. The molecule has 3 N–H and O–H groups in total. The van der Waals surface area contributed by atoms with E-state index in [2.05, 4.69) is 5.10 Å². The van der Waals surface area contributed by atoms with Crippen molar-refractivity contribution in [1.29, 1.82) is 10.7 Å². The van der Waals surface area contributed by atoms with E-state index < -0.39 is 11.9 Å². The van der Waals surface area contributed by atoms with Crippen LogP contribution in [0.4, 0.5) is 5.69 Å². The summed E-state index contributed by atoms with van der Waals surface area (Å²) in [7, 11) is 0. The average Bonchev–Trinajstić information content (AvgIpc) is 2.37. The first-order chi connectivity index (χ1) is 8.15. The summed E-state index contributed by atoms with van der Waals surface area (Å²) < 4.78 is 0. The van der Waals surface area contributed by atoms with E-state index in [-0.39, 0.29) is 11.4 Å². The highest BCUT2D eigenvalue weighted by Crippen LogP contribution is 2.18. The van der Waals surface area contributed by atoms with E-state index in [0.717, 1.165) is 5.01 Å². The quantitative estimate of drug-likeness (QED) is 0.718. The molecule has 1 unspecified atom stereocenters. The van der Waals surface area contributed by atoms with E-state index in [4.69, 9.17) is 16.4 Å². The zero-order valence-corrected chi connectivity index (χ0v) is 8.79. The molecule has 84 valence electrons. The first kappa shape index (κ1) is 11.0. The third-order valence-corrected chi connectivity index (χ3v) is 2.35. The molecule has 1 atom stereocenters. The summed E-state index contributed by atoms with van der Waals surface area (Å²) in [6.45, 7) is 0. The normalized spacial score (nSPS) is 19.9. The van der Waals surface area contributed by atoms with Crippen LogP contribution in [0.3, 0.4) is 0 Å². The van der Waals surface area contributed by atoms with Crippen LogP contribution < -0.4 is 10.7 Å². The molecule has 0 radical (unpaired) electrons. The standard InChI is InChI=1S/C11H9N5O/c12-6-8-9(13)10(14)11(17)16(15-8)7-4-2-1-3-5-7/h1-5,10,13H,14H2. The van der Waals surface area contributed by atoms with Gasteiger partial charge in [0.2, 0.25) is 0 Å². The van der Waals surface area contributed by atoms with E-state index in [1.165, 1.54) is 0 Å². The van der Waals surface area contributed by atoms with Crippen LogP contribution >= 0.6 is 0 Å². The summed E-state index contributed by atoms with van der Waals surface area (Å²) >= 11 is 0. The highest BCUT2D eigenvalue weighted by molar-refractivity contribution is 6.53. The van der Waals surface area contributed by atoms with Gasteiger partial charge in [-0.25, -0.2) is 0 Å². The highest BCUT2D eigenvalue weighted by Gasteiger charge is 2.33.